The van der Waals surface area contributed by atoms with Crippen LogP contribution in [0.3, 0.4) is 0 Å². The van der Waals surface area contributed by atoms with Gasteiger partial charge in [0.2, 0.25) is 0 Å². The number of carbonyl (C=O) groups is 2. The number of nitrogens with zero attached hydrogens (tertiary/aromatic N) is 1. The van der Waals surface area contributed by atoms with Crippen LogP contribution in [0.25, 0.3) is 0 Å². The molecule has 0 saturated carbocycles. The number of amides is 1. The summed E-state index contributed by atoms with van der Waals surface area (Å²) in [5.74, 6) is -0.347. The number of rotatable bonds is 6. The Kier molecular flexibility index (Phi) is 6.26. The van der Waals surface area contributed by atoms with Crippen molar-refractivity contribution >= 4 is 29.2 Å². The van der Waals surface area contributed by atoms with E-state index >= 15 is 0 Å². The zero-order valence-corrected chi connectivity index (χ0v) is 16.0. The highest BCUT2D eigenvalue weighted by atomic mass is 35.5. The van der Waals surface area contributed by atoms with Gasteiger partial charge in [-0.05, 0) is 32.0 Å². The number of hydrogen-bond donors (Lipinski definition) is 1. The van der Waals surface area contributed by atoms with Gasteiger partial charge in [-0.3, -0.25) is 4.79 Å². The van der Waals surface area contributed by atoms with Crippen molar-refractivity contribution in [2.24, 2.45) is 0 Å². The highest BCUT2D eigenvalue weighted by Crippen LogP contribution is 2.28. The van der Waals surface area contributed by atoms with E-state index in [-0.39, 0.29) is 11.5 Å². The molecule has 1 amide bonds. The van der Waals surface area contributed by atoms with E-state index in [4.69, 9.17) is 25.6 Å². The van der Waals surface area contributed by atoms with Gasteiger partial charge in [-0.1, -0.05) is 30.6 Å². The van der Waals surface area contributed by atoms with Gasteiger partial charge in [0.25, 0.3) is 5.91 Å². The summed E-state index contributed by atoms with van der Waals surface area (Å²) in [6, 6.07) is 4.82. The Morgan fingerprint density at radius 1 is 1.27 bits per heavy atom. The van der Waals surface area contributed by atoms with Crippen LogP contribution in [0.5, 0.6) is 5.75 Å². The molecule has 7 nitrogen and oxygen atoms in total. The quantitative estimate of drug-likeness (QED) is 0.763. The standard InChI is InChI=1S/C18H21ClN2O5/c1-9(2)16-15(10(3)21-26-16)18(23)25-11(4)17(22)20-13-8-12(19)6-7-14(13)24-5/h6-9,11H,1-5H3,(H,20,22)/t11-/m0/s1. The van der Waals surface area contributed by atoms with Crippen molar-refractivity contribution in [3.63, 3.8) is 0 Å². The Balaban J connectivity index is 2.11. The van der Waals surface area contributed by atoms with Crippen LogP contribution in [0, 0.1) is 6.92 Å². The number of esters is 1. The number of anilines is 1. The molecule has 0 fully saturated rings. The summed E-state index contributed by atoms with van der Waals surface area (Å²) in [4.78, 5) is 24.8. The number of methoxy groups -OCH3 is 1. The van der Waals surface area contributed by atoms with Gasteiger partial charge in [0.15, 0.2) is 11.9 Å². The third-order valence-electron chi connectivity index (χ3n) is 3.69. The Labute approximate surface area is 156 Å². The summed E-state index contributed by atoms with van der Waals surface area (Å²) >= 11 is 5.94. The molecule has 1 heterocycles. The molecule has 0 radical (unpaired) electrons. The molecule has 1 atom stereocenters. The van der Waals surface area contributed by atoms with E-state index < -0.39 is 18.0 Å². The van der Waals surface area contributed by atoms with Gasteiger partial charge in [-0.2, -0.15) is 0 Å². The molecule has 0 unspecified atom stereocenters. The van der Waals surface area contributed by atoms with E-state index in [1.54, 1.807) is 25.1 Å². The number of benzene rings is 1. The molecule has 26 heavy (non-hydrogen) atoms. The lowest BCUT2D eigenvalue weighted by atomic mass is 10.1. The van der Waals surface area contributed by atoms with Crippen LogP contribution in [-0.4, -0.2) is 30.2 Å². The van der Waals surface area contributed by atoms with Gasteiger partial charge < -0.3 is 19.3 Å². The van der Waals surface area contributed by atoms with Crippen molar-refractivity contribution < 1.29 is 23.6 Å². The molecular weight excluding hydrogens is 360 g/mol. The molecule has 2 aromatic rings. The van der Waals surface area contributed by atoms with Crippen LogP contribution in [-0.2, 0) is 9.53 Å². The Morgan fingerprint density at radius 3 is 2.58 bits per heavy atom. The van der Waals surface area contributed by atoms with Crippen LogP contribution in [0.2, 0.25) is 5.02 Å². The molecular formula is C18H21ClN2O5. The summed E-state index contributed by atoms with van der Waals surface area (Å²) in [6.07, 6.45) is -1.04. The first-order valence-corrected chi connectivity index (χ1v) is 8.44. The van der Waals surface area contributed by atoms with E-state index in [9.17, 15) is 9.59 Å². The first kappa shape index (κ1) is 19.8. The first-order valence-electron chi connectivity index (χ1n) is 8.06. The lowest BCUT2D eigenvalue weighted by Crippen LogP contribution is -2.30. The lowest BCUT2D eigenvalue weighted by Gasteiger charge is -2.15. The van der Waals surface area contributed by atoms with Gasteiger partial charge in [-0.25, -0.2) is 4.79 Å². The Hall–Kier alpha value is -2.54. The minimum absolute atomic E-state index is 0.0430. The average molecular weight is 381 g/mol. The average Bonchev–Trinajstić information content (AvgIpc) is 2.97. The molecule has 0 saturated heterocycles. The van der Waals surface area contributed by atoms with E-state index in [1.807, 2.05) is 13.8 Å². The van der Waals surface area contributed by atoms with Crippen LogP contribution in [0.15, 0.2) is 22.7 Å². The van der Waals surface area contributed by atoms with Crippen molar-refractivity contribution in [2.45, 2.75) is 39.7 Å². The number of nitrogens with one attached hydrogen (secondary N) is 1. The summed E-state index contributed by atoms with van der Waals surface area (Å²) in [5, 5.41) is 6.88. The number of aryl methyl sites for hydroxylation is 1. The largest absolute Gasteiger partial charge is 0.495 e. The third-order valence-corrected chi connectivity index (χ3v) is 3.93. The Morgan fingerprint density at radius 2 is 1.96 bits per heavy atom. The van der Waals surface area contributed by atoms with Crippen LogP contribution >= 0.6 is 11.6 Å². The molecule has 140 valence electrons. The predicted molar refractivity (Wildman–Crippen MR) is 96.8 cm³/mol. The van der Waals surface area contributed by atoms with Gasteiger partial charge in [0.1, 0.15) is 11.3 Å². The van der Waals surface area contributed by atoms with E-state index in [2.05, 4.69) is 10.5 Å². The van der Waals surface area contributed by atoms with Crippen molar-refractivity contribution in [2.75, 3.05) is 12.4 Å². The summed E-state index contributed by atoms with van der Waals surface area (Å²) in [7, 11) is 1.48. The van der Waals surface area contributed by atoms with Gasteiger partial charge >= 0.3 is 5.97 Å². The number of halogens is 1. The normalized spacial score (nSPS) is 12.0. The van der Waals surface area contributed by atoms with Crippen LogP contribution < -0.4 is 10.1 Å². The zero-order chi connectivity index (χ0) is 19.4. The van der Waals surface area contributed by atoms with Crippen molar-refractivity contribution in [3.05, 3.63) is 40.2 Å². The molecule has 0 aliphatic heterocycles. The summed E-state index contributed by atoms with van der Waals surface area (Å²) in [6.45, 7) is 6.87. The SMILES string of the molecule is COc1ccc(Cl)cc1NC(=O)[C@H](C)OC(=O)c1c(C)noc1C(C)C. The van der Waals surface area contributed by atoms with Gasteiger partial charge in [0.05, 0.1) is 18.5 Å². The fourth-order valence-electron chi connectivity index (χ4n) is 2.31. The second-order valence-corrected chi connectivity index (χ2v) is 6.48. The number of carbonyl (C=O) groups excluding carboxylic acids is 2. The molecule has 8 heteroatoms. The zero-order valence-electron chi connectivity index (χ0n) is 15.3. The number of aromatic nitrogens is 1. The third kappa shape index (κ3) is 4.35. The summed E-state index contributed by atoms with van der Waals surface area (Å²) < 4.78 is 15.6. The maximum atomic E-state index is 12.4. The van der Waals surface area contributed by atoms with Gasteiger partial charge in [0, 0.05) is 10.9 Å². The monoisotopic (exact) mass is 380 g/mol. The maximum absolute atomic E-state index is 12.4. The lowest BCUT2D eigenvalue weighted by molar-refractivity contribution is -0.123. The number of ether oxygens (including phenoxy) is 2. The first-order chi connectivity index (χ1) is 12.2. The summed E-state index contributed by atoms with van der Waals surface area (Å²) in [5.41, 5.74) is 1.06. The predicted octanol–water partition coefficient (Wildman–Crippen LogP) is 3.95. The molecule has 0 aliphatic rings. The minimum Gasteiger partial charge on any atom is -0.495 e. The van der Waals surface area contributed by atoms with Crippen LogP contribution in [0.1, 0.15) is 48.5 Å². The molecule has 0 bridgehead atoms. The van der Waals surface area contributed by atoms with Crippen molar-refractivity contribution in [1.82, 2.24) is 5.16 Å². The second kappa shape index (κ2) is 8.23. The molecule has 0 spiro atoms. The molecule has 1 aromatic carbocycles. The minimum atomic E-state index is -1.04. The molecule has 2 rings (SSSR count). The molecule has 1 N–H and O–H groups in total. The van der Waals surface area contributed by atoms with E-state index in [0.29, 0.717) is 27.9 Å². The van der Waals surface area contributed by atoms with Gasteiger partial charge in [-0.15, -0.1) is 0 Å². The van der Waals surface area contributed by atoms with Crippen molar-refractivity contribution in [3.8, 4) is 5.75 Å². The van der Waals surface area contributed by atoms with Crippen molar-refractivity contribution in [1.29, 1.82) is 0 Å². The maximum Gasteiger partial charge on any atom is 0.344 e. The second-order valence-electron chi connectivity index (χ2n) is 6.04. The fourth-order valence-corrected chi connectivity index (χ4v) is 2.49. The van der Waals surface area contributed by atoms with Crippen LogP contribution in [0.4, 0.5) is 5.69 Å². The smallest absolute Gasteiger partial charge is 0.344 e. The highest BCUT2D eigenvalue weighted by Gasteiger charge is 2.27. The molecule has 1 aromatic heterocycles. The topological polar surface area (TPSA) is 90.7 Å². The Bertz CT molecular complexity index is 816. The van der Waals surface area contributed by atoms with E-state index in [0.717, 1.165) is 0 Å². The van der Waals surface area contributed by atoms with E-state index in [1.165, 1.54) is 14.0 Å². The number of hydrogen-bond acceptors (Lipinski definition) is 6. The highest BCUT2D eigenvalue weighted by molar-refractivity contribution is 6.31. The fraction of sp³-hybridized carbons (Fsp3) is 0.389. The molecule has 0 aliphatic carbocycles.